The molecule has 0 unspecified atom stereocenters. The summed E-state index contributed by atoms with van der Waals surface area (Å²) in [6.07, 6.45) is 0. The monoisotopic (exact) mass is 441 g/mol. The summed E-state index contributed by atoms with van der Waals surface area (Å²) in [5.74, 6) is 2.30. The Morgan fingerprint density at radius 3 is 2.14 bits per heavy atom. The van der Waals surface area contributed by atoms with Crippen molar-refractivity contribution in [3.8, 4) is 22.8 Å². The van der Waals surface area contributed by atoms with Crippen molar-refractivity contribution in [1.82, 2.24) is 14.8 Å². The lowest BCUT2D eigenvalue weighted by molar-refractivity contribution is 0.344. The largest absolute Gasteiger partial charge is 0.493 e. The summed E-state index contributed by atoms with van der Waals surface area (Å²) in [5, 5.41) is 11.0. The van der Waals surface area contributed by atoms with E-state index in [-0.39, 0.29) is 0 Å². The molecular formula is C22H17Cl2N3OS. The first kappa shape index (κ1) is 19.8. The van der Waals surface area contributed by atoms with Crippen LogP contribution in [0.5, 0.6) is 5.75 Å². The van der Waals surface area contributed by atoms with Crippen molar-refractivity contribution >= 4 is 35.0 Å². The molecule has 146 valence electrons. The Morgan fingerprint density at radius 2 is 1.45 bits per heavy atom. The van der Waals surface area contributed by atoms with Crippen LogP contribution in [0.2, 0.25) is 10.0 Å². The highest BCUT2D eigenvalue weighted by molar-refractivity contribution is 7.99. The number of aromatic nitrogens is 3. The van der Waals surface area contributed by atoms with Gasteiger partial charge in [-0.15, -0.1) is 10.2 Å². The highest BCUT2D eigenvalue weighted by Gasteiger charge is 2.16. The first-order valence-electron chi connectivity index (χ1n) is 8.99. The van der Waals surface area contributed by atoms with E-state index >= 15 is 0 Å². The van der Waals surface area contributed by atoms with E-state index in [2.05, 4.69) is 14.8 Å². The SMILES string of the molecule is Clc1ccc(OCCSc2nnc(-c3ccc(Cl)cc3)n2-c2ccccc2)cc1. The molecule has 0 aliphatic rings. The summed E-state index contributed by atoms with van der Waals surface area (Å²) >= 11 is 13.5. The van der Waals surface area contributed by atoms with E-state index in [1.54, 1.807) is 11.8 Å². The molecule has 1 heterocycles. The molecule has 0 fully saturated rings. The second kappa shape index (κ2) is 9.35. The summed E-state index contributed by atoms with van der Waals surface area (Å²) in [4.78, 5) is 0. The van der Waals surface area contributed by atoms with E-state index in [1.807, 2.05) is 78.9 Å². The van der Waals surface area contributed by atoms with Crippen LogP contribution in [-0.2, 0) is 0 Å². The van der Waals surface area contributed by atoms with Crippen molar-refractivity contribution in [3.63, 3.8) is 0 Å². The van der Waals surface area contributed by atoms with Crippen LogP contribution in [0.25, 0.3) is 17.1 Å². The van der Waals surface area contributed by atoms with Crippen LogP contribution in [0.4, 0.5) is 0 Å². The van der Waals surface area contributed by atoms with Gasteiger partial charge in [0.05, 0.1) is 6.61 Å². The Morgan fingerprint density at radius 1 is 0.793 bits per heavy atom. The summed E-state index contributed by atoms with van der Waals surface area (Å²) in [6, 6.07) is 25.0. The predicted octanol–water partition coefficient (Wildman–Crippen LogP) is 6.41. The van der Waals surface area contributed by atoms with Crippen LogP contribution in [-0.4, -0.2) is 27.1 Å². The minimum atomic E-state index is 0.546. The third-order valence-corrected chi connectivity index (χ3v) is 5.54. The van der Waals surface area contributed by atoms with E-state index in [9.17, 15) is 0 Å². The van der Waals surface area contributed by atoms with Crippen molar-refractivity contribution < 1.29 is 4.74 Å². The molecule has 0 saturated heterocycles. The molecule has 3 aromatic carbocycles. The van der Waals surface area contributed by atoms with E-state index in [0.29, 0.717) is 16.7 Å². The fourth-order valence-corrected chi connectivity index (χ4v) is 3.80. The molecule has 4 nitrogen and oxygen atoms in total. The minimum absolute atomic E-state index is 0.546. The maximum absolute atomic E-state index is 6.04. The van der Waals surface area contributed by atoms with E-state index in [4.69, 9.17) is 27.9 Å². The van der Waals surface area contributed by atoms with Crippen LogP contribution in [0, 0.1) is 0 Å². The minimum Gasteiger partial charge on any atom is -0.493 e. The molecule has 7 heteroatoms. The number of benzene rings is 3. The molecule has 0 radical (unpaired) electrons. The molecule has 0 amide bonds. The van der Waals surface area contributed by atoms with E-state index < -0.39 is 0 Å². The van der Waals surface area contributed by atoms with Gasteiger partial charge in [-0.1, -0.05) is 53.2 Å². The number of para-hydroxylation sites is 1. The molecule has 29 heavy (non-hydrogen) atoms. The van der Waals surface area contributed by atoms with Gasteiger partial charge in [-0.3, -0.25) is 4.57 Å². The Labute approximate surface area is 183 Å². The summed E-state index contributed by atoms with van der Waals surface area (Å²) in [6.45, 7) is 0.546. The highest BCUT2D eigenvalue weighted by Crippen LogP contribution is 2.28. The molecule has 0 bridgehead atoms. The van der Waals surface area contributed by atoms with Crippen molar-refractivity contribution in [2.75, 3.05) is 12.4 Å². The van der Waals surface area contributed by atoms with Gasteiger partial charge in [-0.05, 0) is 60.7 Å². The zero-order chi connectivity index (χ0) is 20.1. The molecular weight excluding hydrogens is 425 g/mol. The van der Waals surface area contributed by atoms with Crippen LogP contribution < -0.4 is 4.74 Å². The average molecular weight is 442 g/mol. The third-order valence-electron chi connectivity index (χ3n) is 4.15. The summed E-state index contributed by atoms with van der Waals surface area (Å²) in [7, 11) is 0. The lowest BCUT2D eigenvalue weighted by atomic mass is 10.2. The van der Waals surface area contributed by atoms with Crippen LogP contribution in [0.3, 0.4) is 0 Å². The van der Waals surface area contributed by atoms with Gasteiger partial charge in [-0.25, -0.2) is 0 Å². The normalized spacial score (nSPS) is 10.8. The molecule has 0 atom stereocenters. The Kier molecular flexibility index (Phi) is 6.39. The first-order valence-corrected chi connectivity index (χ1v) is 10.7. The Bertz CT molecular complexity index is 1070. The zero-order valence-electron chi connectivity index (χ0n) is 15.3. The molecule has 0 aliphatic carbocycles. The molecule has 0 spiro atoms. The topological polar surface area (TPSA) is 39.9 Å². The smallest absolute Gasteiger partial charge is 0.196 e. The molecule has 4 aromatic rings. The van der Waals surface area contributed by atoms with Crippen molar-refractivity contribution in [2.24, 2.45) is 0 Å². The van der Waals surface area contributed by atoms with Crippen LogP contribution in [0.1, 0.15) is 0 Å². The second-order valence-corrected chi connectivity index (χ2v) is 8.07. The fourth-order valence-electron chi connectivity index (χ4n) is 2.78. The van der Waals surface area contributed by atoms with E-state index in [0.717, 1.165) is 33.7 Å². The van der Waals surface area contributed by atoms with Crippen LogP contribution >= 0.6 is 35.0 Å². The molecule has 0 aliphatic heterocycles. The number of rotatable bonds is 7. The number of ether oxygens (including phenoxy) is 1. The maximum atomic E-state index is 6.04. The van der Waals surface area contributed by atoms with Crippen LogP contribution in [0.15, 0.2) is 84.0 Å². The Hall–Kier alpha value is -2.47. The number of hydrogen-bond acceptors (Lipinski definition) is 4. The van der Waals surface area contributed by atoms with Gasteiger partial charge in [0.2, 0.25) is 0 Å². The van der Waals surface area contributed by atoms with Gasteiger partial charge >= 0.3 is 0 Å². The van der Waals surface area contributed by atoms with Crippen molar-refractivity contribution in [3.05, 3.63) is 88.9 Å². The number of halogens is 2. The average Bonchev–Trinajstić information content (AvgIpc) is 3.17. The van der Waals surface area contributed by atoms with E-state index in [1.165, 1.54) is 0 Å². The summed E-state index contributed by atoms with van der Waals surface area (Å²) in [5.41, 5.74) is 1.96. The third kappa shape index (κ3) is 4.93. The Balaban J connectivity index is 1.53. The number of nitrogens with zero attached hydrogens (tertiary/aromatic N) is 3. The maximum Gasteiger partial charge on any atom is 0.196 e. The molecule has 1 aromatic heterocycles. The number of hydrogen-bond donors (Lipinski definition) is 0. The lowest BCUT2D eigenvalue weighted by Crippen LogP contribution is -2.03. The predicted molar refractivity (Wildman–Crippen MR) is 119 cm³/mol. The molecule has 0 saturated carbocycles. The summed E-state index contributed by atoms with van der Waals surface area (Å²) < 4.78 is 7.83. The number of thioether (sulfide) groups is 1. The lowest BCUT2D eigenvalue weighted by Gasteiger charge is -2.11. The molecule has 0 N–H and O–H groups in total. The van der Waals surface area contributed by atoms with Gasteiger partial charge in [0.15, 0.2) is 11.0 Å². The van der Waals surface area contributed by atoms with Gasteiger partial charge in [0.1, 0.15) is 5.75 Å². The van der Waals surface area contributed by atoms with Gasteiger partial charge in [0, 0.05) is 27.0 Å². The van der Waals surface area contributed by atoms with Gasteiger partial charge in [0.25, 0.3) is 0 Å². The molecule has 4 rings (SSSR count). The standard InChI is InChI=1S/C22H17Cl2N3OS/c23-17-8-6-16(7-9-17)21-25-26-22(27(21)19-4-2-1-3-5-19)29-15-14-28-20-12-10-18(24)11-13-20/h1-13H,14-15H2. The quantitative estimate of drug-likeness (QED) is 0.245. The highest BCUT2D eigenvalue weighted by atomic mass is 35.5. The first-order chi connectivity index (χ1) is 14.2. The second-order valence-electron chi connectivity index (χ2n) is 6.13. The fraction of sp³-hybridized carbons (Fsp3) is 0.0909. The van der Waals surface area contributed by atoms with Gasteiger partial charge in [-0.2, -0.15) is 0 Å². The van der Waals surface area contributed by atoms with Crippen molar-refractivity contribution in [2.45, 2.75) is 5.16 Å². The zero-order valence-corrected chi connectivity index (χ0v) is 17.7. The van der Waals surface area contributed by atoms with Gasteiger partial charge < -0.3 is 4.74 Å². The van der Waals surface area contributed by atoms with Crippen molar-refractivity contribution in [1.29, 1.82) is 0 Å².